The van der Waals surface area contributed by atoms with Crippen LogP contribution in [0.3, 0.4) is 0 Å². The highest BCUT2D eigenvalue weighted by atomic mass is 19.1. The normalized spacial score (nSPS) is 10.1. The quantitative estimate of drug-likeness (QED) is 0.678. The Kier molecular flexibility index (Phi) is 2.64. The predicted octanol–water partition coefficient (Wildman–Crippen LogP) is 2.73. The zero-order chi connectivity index (χ0) is 11.5. The fraction of sp³-hybridized carbons (Fsp3) is 0. The molecule has 0 aliphatic heterocycles. The van der Waals surface area contributed by atoms with Crippen molar-refractivity contribution in [3.8, 4) is 0 Å². The van der Waals surface area contributed by atoms with Crippen molar-refractivity contribution in [2.75, 3.05) is 16.8 Å². The van der Waals surface area contributed by atoms with E-state index in [1.807, 2.05) is 0 Å². The van der Waals surface area contributed by atoms with Gasteiger partial charge >= 0.3 is 0 Å². The largest absolute Gasteiger partial charge is 0.399 e. The van der Waals surface area contributed by atoms with E-state index in [0.717, 1.165) is 11.4 Å². The first kappa shape index (κ1) is 10.3. The van der Waals surface area contributed by atoms with Gasteiger partial charge in [0.25, 0.3) is 0 Å². The predicted molar refractivity (Wildman–Crippen MR) is 64.9 cm³/mol. The molecule has 2 rings (SSSR count). The SMILES string of the molecule is Nc1ccc(Nc2ccc(F)cc2)c(N)c1. The highest BCUT2D eigenvalue weighted by molar-refractivity contribution is 5.75. The summed E-state index contributed by atoms with van der Waals surface area (Å²) in [6, 6.07) is 11.3. The summed E-state index contributed by atoms with van der Waals surface area (Å²) in [6.07, 6.45) is 0. The van der Waals surface area contributed by atoms with Crippen molar-refractivity contribution in [3.05, 3.63) is 48.3 Å². The molecule has 0 aromatic heterocycles. The van der Waals surface area contributed by atoms with Crippen LogP contribution in [0.1, 0.15) is 0 Å². The molecule has 16 heavy (non-hydrogen) atoms. The minimum absolute atomic E-state index is 0.268. The molecule has 0 aliphatic rings. The maximum Gasteiger partial charge on any atom is 0.123 e. The zero-order valence-electron chi connectivity index (χ0n) is 8.57. The number of rotatable bonds is 2. The Labute approximate surface area is 92.9 Å². The van der Waals surface area contributed by atoms with Crippen molar-refractivity contribution >= 4 is 22.7 Å². The van der Waals surface area contributed by atoms with Crippen molar-refractivity contribution in [3.63, 3.8) is 0 Å². The molecule has 0 bridgehead atoms. The molecule has 0 spiro atoms. The molecule has 82 valence electrons. The Balaban J connectivity index is 2.23. The van der Waals surface area contributed by atoms with Crippen molar-refractivity contribution < 1.29 is 4.39 Å². The first-order valence-electron chi connectivity index (χ1n) is 4.83. The van der Waals surface area contributed by atoms with E-state index in [-0.39, 0.29) is 5.82 Å². The highest BCUT2D eigenvalue weighted by Crippen LogP contribution is 2.24. The van der Waals surface area contributed by atoms with E-state index in [1.54, 1.807) is 30.3 Å². The van der Waals surface area contributed by atoms with Gasteiger partial charge in [0.05, 0.1) is 11.4 Å². The van der Waals surface area contributed by atoms with Crippen LogP contribution in [0.15, 0.2) is 42.5 Å². The lowest BCUT2D eigenvalue weighted by atomic mass is 10.2. The Hall–Kier alpha value is -2.23. The molecular weight excluding hydrogens is 205 g/mol. The van der Waals surface area contributed by atoms with Crippen LogP contribution < -0.4 is 16.8 Å². The maximum absolute atomic E-state index is 12.7. The Morgan fingerprint density at radius 3 is 2.25 bits per heavy atom. The summed E-state index contributed by atoms with van der Waals surface area (Å²) in [6.45, 7) is 0. The van der Waals surface area contributed by atoms with Gasteiger partial charge < -0.3 is 16.8 Å². The molecule has 5 N–H and O–H groups in total. The second-order valence-electron chi connectivity index (χ2n) is 3.48. The van der Waals surface area contributed by atoms with Gasteiger partial charge in [-0.15, -0.1) is 0 Å². The number of nitrogen functional groups attached to an aromatic ring is 2. The minimum atomic E-state index is -0.268. The summed E-state index contributed by atoms with van der Waals surface area (Å²) in [7, 11) is 0. The summed E-state index contributed by atoms with van der Waals surface area (Å²) >= 11 is 0. The van der Waals surface area contributed by atoms with E-state index < -0.39 is 0 Å². The lowest BCUT2D eigenvalue weighted by Gasteiger charge is -2.09. The number of hydrogen-bond donors (Lipinski definition) is 3. The minimum Gasteiger partial charge on any atom is -0.399 e. The third-order valence-corrected chi connectivity index (χ3v) is 2.20. The van der Waals surface area contributed by atoms with Gasteiger partial charge in [0.15, 0.2) is 0 Å². The van der Waals surface area contributed by atoms with Crippen molar-refractivity contribution in [1.29, 1.82) is 0 Å². The zero-order valence-corrected chi connectivity index (χ0v) is 8.57. The van der Waals surface area contributed by atoms with Gasteiger partial charge in [-0.1, -0.05) is 0 Å². The van der Waals surface area contributed by atoms with Gasteiger partial charge in [0.2, 0.25) is 0 Å². The second-order valence-corrected chi connectivity index (χ2v) is 3.48. The van der Waals surface area contributed by atoms with Gasteiger partial charge in [0.1, 0.15) is 5.82 Å². The van der Waals surface area contributed by atoms with Crippen molar-refractivity contribution in [2.24, 2.45) is 0 Å². The first-order valence-corrected chi connectivity index (χ1v) is 4.83. The van der Waals surface area contributed by atoms with Gasteiger partial charge in [-0.05, 0) is 42.5 Å². The maximum atomic E-state index is 12.7. The van der Waals surface area contributed by atoms with Crippen LogP contribution in [-0.4, -0.2) is 0 Å². The summed E-state index contributed by atoms with van der Waals surface area (Å²) in [5, 5.41) is 3.08. The molecule has 0 radical (unpaired) electrons. The van der Waals surface area contributed by atoms with E-state index in [9.17, 15) is 4.39 Å². The molecule has 0 saturated heterocycles. The second kappa shape index (κ2) is 4.10. The van der Waals surface area contributed by atoms with E-state index >= 15 is 0 Å². The van der Waals surface area contributed by atoms with Crippen LogP contribution in [0.25, 0.3) is 0 Å². The van der Waals surface area contributed by atoms with Crippen LogP contribution in [0.2, 0.25) is 0 Å². The number of halogens is 1. The summed E-state index contributed by atoms with van der Waals surface area (Å²) in [4.78, 5) is 0. The van der Waals surface area contributed by atoms with Crippen LogP contribution in [0.5, 0.6) is 0 Å². The molecule has 3 nitrogen and oxygen atoms in total. The van der Waals surface area contributed by atoms with Crippen molar-refractivity contribution in [2.45, 2.75) is 0 Å². The van der Waals surface area contributed by atoms with Crippen LogP contribution in [-0.2, 0) is 0 Å². The van der Waals surface area contributed by atoms with Gasteiger partial charge in [-0.3, -0.25) is 0 Å². The molecule has 0 fully saturated rings. The first-order chi connectivity index (χ1) is 7.65. The Bertz CT molecular complexity index is 494. The standard InChI is InChI=1S/C12H12FN3/c13-8-1-4-10(5-2-8)16-12-6-3-9(14)7-11(12)15/h1-7,16H,14-15H2. The molecule has 2 aromatic rings. The molecule has 0 atom stereocenters. The number of nitrogens with two attached hydrogens (primary N) is 2. The van der Waals surface area contributed by atoms with E-state index in [1.165, 1.54) is 12.1 Å². The topological polar surface area (TPSA) is 64.1 Å². The molecule has 0 heterocycles. The number of benzene rings is 2. The lowest BCUT2D eigenvalue weighted by molar-refractivity contribution is 0.628. The molecule has 0 unspecified atom stereocenters. The van der Waals surface area contributed by atoms with Gasteiger partial charge in [-0.25, -0.2) is 4.39 Å². The molecule has 2 aromatic carbocycles. The molecule has 4 heteroatoms. The lowest BCUT2D eigenvalue weighted by Crippen LogP contribution is -1.97. The van der Waals surface area contributed by atoms with Crippen LogP contribution in [0, 0.1) is 5.82 Å². The van der Waals surface area contributed by atoms with Crippen LogP contribution >= 0.6 is 0 Å². The van der Waals surface area contributed by atoms with Crippen LogP contribution in [0.4, 0.5) is 27.1 Å². The molecular formula is C12H12FN3. The number of hydrogen-bond acceptors (Lipinski definition) is 3. The monoisotopic (exact) mass is 217 g/mol. The molecule has 0 aliphatic carbocycles. The van der Waals surface area contributed by atoms with E-state index in [0.29, 0.717) is 11.4 Å². The Morgan fingerprint density at radius 1 is 0.938 bits per heavy atom. The third kappa shape index (κ3) is 2.23. The van der Waals surface area contributed by atoms with Gasteiger partial charge in [0, 0.05) is 11.4 Å². The molecule has 0 saturated carbocycles. The van der Waals surface area contributed by atoms with Gasteiger partial charge in [-0.2, -0.15) is 0 Å². The fourth-order valence-electron chi connectivity index (χ4n) is 1.38. The average molecular weight is 217 g/mol. The van der Waals surface area contributed by atoms with Crippen molar-refractivity contribution in [1.82, 2.24) is 0 Å². The fourth-order valence-corrected chi connectivity index (χ4v) is 1.38. The van der Waals surface area contributed by atoms with E-state index in [4.69, 9.17) is 11.5 Å². The Morgan fingerprint density at radius 2 is 1.62 bits per heavy atom. The highest BCUT2D eigenvalue weighted by Gasteiger charge is 2.00. The summed E-state index contributed by atoms with van der Waals surface area (Å²) < 4.78 is 12.7. The smallest absolute Gasteiger partial charge is 0.123 e. The van der Waals surface area contributed by atoms with E-state index in [2.05, 4.69) is 5.32 Å². The average Bonchev–Trinajstić information content (AvgIpc) is 2.25. The summed E-state index contributed by atoms with van der Waals surface area (Å²) in [5.74, 6) is -0.268. The number of nitrogens with one attached hydrogen (secondary N) is 1. The summed E-state index contributed by atoms with van der Waals surface area (Å²) in [5.41, 5.74) is 14.1. The molecule has 0 amide bonds. The third-order valence-electron chi connectivity index (χ3n) is 2.20. The number of anilines is 4.